The molecule has 0 spiro atoms. The van der Waals surface area contributed by atoms with Crippen molar-refractivity contribution in [2.45, 2.75) is 6.18 Å². The molecule has 10 nitrogen and oxygen atoms in total. The van der Waals surface area contributed by atoms with Crippen LogP contribution in [0.1, 0.15) is 16.1 Å². The SMILES string of the molecule is CNC(=O)c1cc(Oc2ccc(NC(=O)Nc3ccc(-n4cncn4)c(C(F)(F)F)c3)cc2)ccn1. The van der Waals surface area contributed by atoms with Gasteiger partial charge in [-0.15, -0.1) is 0 Å². The molecule has 2 aromatic heterocycles. The molecule has 0 aliphatic heterocycles. The van der Waals surface area contributed by atoms with Crippen molar-refractivity contribution in [1.82, 2.24) is 25.1 Å². The summed E-state index contributed by atoms with van der Waals surface area (Å²) in [4.78, 5) is 31.7. The summed E-state index contributed by atoms with van der Waals surface area (Å²) in [7, 11) is 1.49. The van der Waals surface area contributed by atoms with Gasteiger partial charge in [0.05, 0.1) is 11.3 Å². The van der Waals surface area contributed by atoms with Gasteiger partial charge in [-0.05, 0) is 48.5 Å². The number of anilines is 2. The third-order valence-electron chi connectivity index (χ3n) is 4.76. The number of benzene rings is 2. The highest BCUT2D eigenvalue weighted by molar-refractivity contribution is 6.00. The molecule has 0 saturated heterocycles. The number of rotatable bonds is 6. The van der Waals surface area contributed by atoms with Crippen LogP contribution in [0.5, 0.6) is 11.5 Å². The molecule has 13 heteroatoms. The minimum Gasteiger partial charge on any atom is -0.457 e. The number of carbonyl (C=O) groups excluding carboxylic acids is 2. The number of aromatic nitrogens is 4. The highest BCUT2D eigenvalue weighted by Gasteiger charge is 2.34. The molecule has 0 radical (unpaired) electrons. The van der Waals surface area contributed by atoms with E-state index in [1.807, 2.05) is 0 Å². The molecule has 0 bridgehead atoms. The molecule has 0 atom stereocenters. The Balaban J connectivity index is 1.41. The minimum absolute atomic E-state index is 0.0618. The summed E-state index contributed by atoms with van der Waals surface area (Å²) in [6.45, 7) is 0. The van der Waals surface area contributed by atoms with Crippen molar-refractivity contribution in [2.24, 2.45) is 0 Å². The standard InChI is InChI=1S/C23H18F3N7O3/c1-27-21(34)19-11-17(8-9-29-19)36-16-5-2-14(3-6-16)31-22(35)32-15-4-7-20(33-13-28-12-30-33)18(10-15)23(24,25)26/h2-13H,1H3,(H,27,34)(H2,31,32,35). The summed E-state index contributed by atoms with van der Waals surface area (Å²) in [6.07, 6.45) is -0.980. The molecule has 2 aromatic carbocycles. The molecule has 0 fully saturated rings. The number of alkyl halides is 3. The zero-order chi connectivity index (χ0) is 25.7. The topological polar surface area (TPSA) is 123 Å². The quantitative estimate of drug-likeness (QED) is 0.361. The number of carbonyl (C=O) groups is 2. The van der Waals surface area contributed by atoms with Gasteiger partial charge in [0.25, 0.3) is 5.91 Å². The molecule has 0 saturated carbocycles. The predicted molar refractivity (Wildman–Crippen MR) is 123 cm³/mol. The zero-order valence-corrected chi connectivity index (χ0v) is 18.6. The van der Waals surface area contributed by atoms with Crippen molar-refractivity contribution < 1.29 is 27.5 Å². The van der Waals surface area contributed by atoms with E-state index in [2.05, 4.69) is 31.0 Å². The summed E-state index contributed by atoms with van der Waals surface area (Å²) in [6, 6.07) is 11.9. The number of pyridine rings is 1. The van der Waals surface area contributed by atoms with Crippen LogP contribution in [0.3, 0.4) is 0 Å². The highest BCUT2D eigenvalue weighted by Crippen LogP contribution is 2.35. The summed E-state index contributed by atoms with van der Waals surface area (Å²) in [5.74, 6) is 0.451. The first-order valence-corrected chi connectivity index (χ1v) is 10.3. The molecule has 0 aliphatic carbocycles. The Hall–Kier alpha value is -4.94. The number of ether oxygens (including phenoxy) is 1. The second-order valence-corrected chi connectivity index (χ2v) is 7.23. The first kappa shape index (κ1) is 24.2. The maximum atomic E-state index is 13.6. The average Bonchev–Trinajstić information content (AvgIpc) is 3.39. The number of amides is 3. The summed E-state index contributed by atoms with van der Waals surface area (Å²) >= 11 is 0. The van der Waals surface area contributed by atoms with Crippen molar-refractivity contribution in [3.05, 3.63) is 84.7 Å². The molecule has 3 amide bonds. The van der Waals surface area contributed by atoms with Gasteiger partial charge in [0, 0.05) is 30.7 Å². The van der Waals surface area contributed by atoms with Gasteiger partial charge in [-0.3, -0.25) is 9.78 Å². The Morgan fingerprint density at radius 3 is 2.33 bits per heavy atom. The van der Waals surface area contributed by atoms with E-state index in [0.29, 0.717) is 17.2 Å². The number of hydrogen-bond acceptors (Lipinski definition) is 6. The van der Waals surface area contributed by atoms with Crippen molar-refractivity contribution in [3.63, 3.8) is 0 Å². The monoisotopic (exact) mass is 497 g/mol. The number of nitrogens with zero attached hydrogens (tertiary/aromatic N) is 4. The van der Waals surface area contributed by atoms with Crippen LogP contribution in [0.2, 0.25) is 0 Å². The third-order valence-corrected chi connectivity index (χ3v) is 4.76. The van der Waals surface area contributed by atoms with Gasteiger partial charge in [0.1, 0.15) is 29.8 Å². The summed E-state index contributed by atoms with van der Waals surface area (Å²) < 4.78 is 47.3. The minimum atomic E-state index is -4.68. The van der Waals surface area contributed by atoms with Crippen LogP contribution in [-0.4, -0.2) is 38.7 Å². The normalized spacial score (nSPS) is 11.0. The fourth-order valence-corrected chi connectivity index (χ4v) is 3.14. The Morgan fingerprint density at radius 2 is 1.67 bits per heavy atom. The van der Waals surface area contributed by atoms with Crippen LogP contribution in [0.4, 0.5) is 29.3 Å². The molecule has 0 unspecified atom stereocenters. The third kappa shape index (κ3) is 5.75. The van der Waals surface area contributed by atoms with Gasteiger partial charge < -0.3 is 20.7 Å². The molecule has 4 aromatic rings. The highest BCUT2D eigenvalue weighted by atomic mass is 19.4. The van der Waals surface area contributed by atoms with Crippen molar-refractivity contribution in [1.29, 1.82) is 0 Å². The van der Waals surface area contributed by atoms with Crippen LogP contribution in [0, 0.1) is 0 Å². The first-order chi connectivity index (χ1) is 17.2. The molecular weight excluding hydrogens is 479 g/mol. The van der Waals surface area contributed by atoms with Gasteiger partial charge in [-0.25, -0.2) is 14.5 Å². The zero-order valence-electron chi connectivity index (χ0n) is 18.6. The fourth-order valence-electron chi connectivity index (χ4n) is 3.14. The molecule has 3 N–H and O–H groups in total. The summed E-state index contributed by atoms with van der Waals surface area (Å²) in [5.41, 5.74) is -0.710. The number of urea groups is 1. The molecule has 2 heterocycles. The van der Waals surface area contributed by atoms with Gasteiger partial charge in [0.15, 0.2) is 0 Å². The lowest BCUT2D eigenvalue weighted by Crippen LogP contribution is -2.20. The first-order valence-electron chi connectivity index (χ1n) is 10.3. The molecule has 184 valence electrons. The number of nitrogens with one attached hydrogen (secondary N) is 3. The van der Waals surface area contributed by atoms with Gasteiger partial charge >= 0.3 is 12.2 Å². The van der Waals surface area contributed by atoms with Gasteiger partial charge in [-0.2, -0.15) is 18.3 Å². The Bertz CT molecular complexity index is 1370. The predicted octanol–water partition coefficient (Wildman–Crippen LogP) is 4.48. The Kier molecular flexibility index (Phi) is 6.81. The number of halogens is 3. The van der Waals surface area contributed by atoms with Crippen LogP contribution in [-0.2, 0) is 6.18 Å². The molecular formula is C23H18F3N7O3. The van der Waals surface area contributed by atoms with Crippen molar-refractivity contribution >= 4 is 23.3 Å². The number of hydrogen-bond donors (Lipinski definition) is 3. The van der Waals surface area contributed by atoms with E-state index in [0.717, 1.165) is 23.4 Å². The van der Waals surface area contributed by atoms with E-state index in [4.69, 9.17) is 4.74 Å². The van der Waals surface area contributed by atoms with Crippen molar-refractivity contribution in [3.8, 4) is 17.2 Å². The van der Waals surface area contributed by atoms with Crippen LogP contribution in [0.25, 0.3) is 5.69 Å². The maximum absolute atomic E-state index is 13.6. The largest absolute Gasteiger partial charge is 0.457 e. The Labute approximate surface area is 202 Å². The van der Waals surface area contributed by atoms with Gasteiger partial charge in [-0.1, -0.05) is 0 Å². The van der Waals surface area contributed by atoms with E-state index in [9.17, 15) is 22.8 Å². The van der Waals surface area contributed by atoms with E-state index in [1.54, 1.807) is 30.3 Å². The Morgan fingerprint density at radius 1 is 0.944 bits per heavy atom. The van der Waals surface area contributed by atoms with Gasteiger partial charge in [0.2, 0.25) is 0 Å². The molecule has 0 aliphatic rings. The second-order valence-electron chi connectivity index (χ2n) is 7.23. The van der Waals surface area contributed by atoms with E-state index >= 15 is 0 Å². The lowest BCUT2D eigenvalue weighted by molar-refractivity contribution is -0.137. The maximum Gasteiger partial charge on any atom is 0.418 e. The van der Waals surface area contributed by atoms with E-state index in [1.165, 1.54) is 31.4 Å². The van der Waals surface area contributed by atoms with Crippen LogP contribution >= 0.6 is 0 Å². The lowest BCUT2D eigenvalue weighted by Gasteiger charge is -2.15. The van der Waals surface area contributed by atoms with E-state index in [-0.39, 0.29) is 23.0 Å². The fraction of sp³-hybridized carbons (Fsp3) is 0.0870. The van der Waals surface area contributed by atoms with Crippen molar-refractivity contribution in [2.75, 3.05) is 17.7 Å². The molecule has 4 rings (SSSR count). The smallest absolute Gasteiger partial charge is 0.418 e. The second kappa shape index (κ2) is 10.1. The van der Waals surface area contributed by atoms with E-state index < -0.39 is 17.8 Å². The van der Waals surface area contributed by atoms with Crippen LogP contribution in [0.15, 0.2) is 73.4 Å². The summed E-state index contributed by atoms with van der Waals surface area (Å²) in [5, 5.41) is 11.1. The average molecular weight is 497 g/mol. The lowest BCUT2D eigenvalue weighted by atomic mass is 10.1. The molecule has 36 heavy (non-hydrogen) atoms. The van der Waals surface area contributed by atoms with Crippen LogP contribution < -0.4 is 20.7 Å².